The van der Waals surface area contributed by atoms with Gasteiger partial charge >= 0.3 is 0 Å². The number of nitrogens with one attached hydrogen (secondary N) is 1. The van der Waals surface area contributed by atoms with Crippen molar-refractivity contribution in [3.63, 3.8) is 0 Å². The summed E-state index contributed by atoms with van der Waals surface area (Å²) in [6.45, 7) is 7.16. The monoisotopic (exact) mass is 404 g/mol. The fourth-order valence-corrected chi connectivity index (χ4v) is 2.87. The van der Waals surface area contributed by atoms with E-state index in [4.69, 9.17) is 9.47 Å². The molecule has 0 amide bonds. The molecule has 7 nitrogen and oxygen atoms in total. The number of aliphatic hydroxyl groups is 3. The lowest BCUT2D eigenvalue weighted by atomic mass is 10.1. The van der Waals surface area contributed by atoms with Gasteiger partial charge in [0.25, 0.3) is 0 Å². The molecule has 1 atom stereocenters. The predicted molar refractivity (Wildman–Crippen MR) is 111 cm³/mol. The van der Waals surface area contributed by atoms with E-state index in [-0.39, 0.29) is 19.8 Å². The van der Waals surface area contributed by atoms with Crippen molar-refractivity contribution in [2.45, 2.75) is 46.5 Å². The highest BCUT2D eigenvalue weighted by Crippen LogP contribution is 2.25. The van der Waals surface area contributed by atoms with Gasteiger partial charge in [-0.3, -0.25) is 4.98 Å². The molecule has 1 unspecified atom stereocenters. The first-order chi connectivity index (χ1) is 14.0. The van der Waals surface area contributed by atoms with Crippen LogP contribution in [0.1, 0.15) is 34.4 Å². The smallest absolute Gasteiger partial charge is 0.146 e. The first kappa shape index (κ1) is 23.1. The number of aliphatic hydroxyl groups excluding tert-OH is 3. The van der Waals surface area contributed by atoms with E-state index in [9.17, 15) is 15.3 Å². The molecule has 160 valence electrons. The van der Waals surface area contributed by atoms with Crippen LogP contribution in [0.5, 0.6) is 11.5 Å². The fraction of sp³-hybridized carbons (Fsp3) is 0.500. The summed E-state index contributed by atoms with van der Waals surface area (Å²) in [4.78, 5) is 4.16. The second kappa shape index (κ2) is 11.7. The van der Waals surface area contributed by atoms with Gasteiger partial charge in [-0.2, -0.15) is 0 Å². The fourth-order valence-electron chi connectivity index (χ4n) is 2.87. The highest BCUT2D eigenvalue weighted by atomic mass is 16.5. The SMILES string of the molecule is Cc1ccc(OCCCNCC(O)COc2c(C)ncc(CO)c2CO)cc1C. The van der Waals surface area contributed by atoms with Gasteiger partial charge in [-0.05, 0) is 57.0 Å². The Morgan fingerprint density at radius 2 is 1.86 bits per heavy atom. The number of benzene rings is 1. The standard InChI is InChI=1S/C22H32N2O5/c1-15-5-6-20(9-16(15)2)28-8-4-7-23-11-19(27)14-29-22-17(3)24-10-18(12-25)21(22)13-26/h5-6,9-10,19,23,25-27H,4,7-8,11-14H2,1-3H3. The lowest BCUT2D eigenvalue weighted by Gasteiger charge is -2.18. The summed E-state index contributed by atoms with van der Waals surface area (Å²) in [6.07, 6.45) is 1.63. The van der Waals surface area contributed by atoms with Gasteiger partial charge in [0.1, 0.15) is 24.2 Å². The van der Waals surface area contributed by atoms with Crippen molar-refractivity contribution in [2.24, 2.45) is 0 Å². The van der Waals surface area contributed by atoms with Crippen molar-refractivity contribution in [2.75, 3.05) is 26.3 Å². The molecule has 0 spiro atoms. The number of pyridine rings is 1. The third-order valence-electron chi connectivity index (χ3n) is 4.78. The third kappa shape index (κ3) is 6.97. The molecule has 1 aromatic carbocycles. The van der Waals surface area contributed by atoms with E-state index in [1.165, 1.54) is 17.3 Å². The Balaban J connectivity index is 1.67. The van der Waals surface area contributed by atoms with Crippen LogP contribution in [0.15, 0.2) is 24.4 Å². The van der Waals surface area contributed by atoms with Gasteiger partial charge in [-0.1, -0.05) is 6.07 Å². The minimum atomic E-state index is -0.709. The molecule has 0 saturated carbocycles. The van der Waals surface area contributed by atoms with E-state index in [1.54, 1.807) is 6.92 Å². The highest BCUT2D eigenvalue weighted by Gasteiger charge is 2.14. The summed E-state index contributed by atoms with van der Waals surface area (Å²) in [7, 11) is 0. The highest BCUT2D eigenvalue weighted by molar-refractivity contribution is 5.41. The first-order valence-corrected chi connectivity index (χ1v) is 9.87. The van der Waals surface area contributed by atoms with Gasteiger partial charge in [0.2, 0.25) is 0 Å². The minimum Gasteiger partial charge on any atom is -0.494 e. The molecule has 0 aliphatic rings. The molecule has 0 bridgehead atoms. The average molecular weight is 405 g/mol. The van der Waals surface area contributed by atoms with Crippen LogP contribution in [0, 0.1) is 20.8 Å². The van der Waals surface area contributed by atoms with E-state index in [2.05, 4.69) is 30.2 Å². The van der Waals surface area contributed by atoms with Crippen LogP contribution >= 0.6 is 0 Å². The lowest BCUT2D eigenvalue weighted by molar-refractivity contribution is 0.103. The molecule has 0 radical (unpaired) electrons. The van der Waals surface area contributed by atoms with Crippen molar-refractivity contribution < 1.29 is 24.8 Å². The number of hydrogen-bond acceptors (Lipinski definition) is 7. The quantitative estimate of drug-likeness (QED) is 0.400. The second-order valence-corrected chi connectivity index (χ2v) is 7.11. The van der Waals surface area contributed by atoms with Gasteiger partial charge in [0.05, 0.1) is 25.5 Å². The lowest BCUT2D eigenvalue weighted by Crippen LogP contribution is -2.32. The summed E-state index contributed by atoms with van der Waals surface area (Å²) >= 11 is 0. The zero-order valence-corrected chi connectivity index (χ0v) is 17.4. The van der Waals surface area contributed by atoms with Gasteiger partial charge < -0.3 is 30.1 Å². The summed E-state index contributed by atoms with van der Waals surface area (Å²) in [5.41, 5.74) is 4.08. The number of ether oxygens (including phenoxy) is 2. The van der Waals surface area contributed by atoms with E-state index < -0.39 is 6.10 Å². The Kier molecular flexibility index (Phi) is 9.34. The normalized spacial score (nSPS) is 12.1. The zero-order chi connectivity index (χ0) is 21.2. The molecule has 2 aromatic rings. The molecule has 0 fully saturated rings. The van der Waals surface area contributed by atoms with Crippen molar-refractivity contribution in [1.29, 1.82) is 0 Å². The summed E-state index contributed by atoms with van der Waals surface area (Å²) in [5, 5.41) is 32.2. The molecule has 4 N–H and O–H groups in total. The Labute approximate surface area is 172 Å². The Bertz CT molecular complexity index is 782. The number of rotatable bonds is 12. The molecule has 1 aromatic heterocycles. The molecular weight excluding hydrogens is 372 g/mol. The van der Waals surface area contributed by atoms with Crippen LogP contribution in [0.4, 0.5) is 0 Å². The second-order valence-electron chi connectivity index (χ2n) is 7.11. The molecule has 7 heteroatoms. The summed E-state index contributed by atoms with van der Waals surface area (Å²) < 4.78 is 11.4. The molecule has 0 aliphatic carbocycles. The predicted octanol–water partition coefficient (Wildman–Crippen LogP) is 1.79. The van der Waals surface area contributed by atoms with Crippen LogP contribution in [0.25, 0.3) is 0 Å². The van der Waals surface area contributed by atoms with Gasteiger partial charge in [0, 0.05) is 23.9 Å². The largest absolute Gasteiger partial charge is 0.494 e. The Hall–Kier alpha value is -2.19. The topological polar surface area (TPSA) is 104 Å². The number of hydrogen-bond donors (Lipinski definition) is 4. The minimum absolute atomic E-state index is 0.0660. The van der Waals surface area contributed by atoms with Crippen molar-refractivity contribution >= 4 is 0 Å². The Morgan fingerprint density at radius 3 is 2.55 bits per heavy atom. The van der Waals surface area contributed by atoms with Gasteiger partial charge in [0.15, 0.2) is 0 Å². The number of aromatic nitrogens is 1. The molecule has 29 heavy (non-hydrogen) atoms. The summed E-state index contributed by atoms with van der Waals surface area (Å²) in [5.74, 6) is 1.29. The van der Waals surface area contributed by atoms with Crippen LogP contribution in [-0.4, -0.2) is 52.7 Å². The van der Waals surface area contributed by atoms with Crippen molar-refractivity contribution in [3.05, 3.63) is 52.3 Å². The van der Waals surface area contributed by atoms with Crippen LogP contribution in [0.3, 0.4) is 0 Å². The Morgan fingerprint density at radius 1 is 1.07 bits per heavy atom. The molecular formula is C22H32N2O5. The maximum atomic E-state index is 10.1. The van der Waals surface area contributed by atoms with E-state index in [0.717, 1.165) is 12.2 Å². The van der Waals surface area contributed by atoms with E-state index in [1.807, 2.05) is 12.1 Å². The molecule has 2 rings (SSSR count). The van der Waals surface area contributed by atoms with Crippen LogP contribution in [0.2, 0.25) is 0 Å². The average Bonchev–Trinajstić information content (AvgIpc) is 2.71. The van der Waals surface area contributed by atoms with E-state index >= 15 is 0 Å². The first-order valence-electron chi connectivity index (χ1n) is 9.87. The van der Waals surface area contributed by atoms with E-state index in [0.29, 0.717) is 42.3 Å². The van der Waals surface area contributed by atoms with Crippen molar-refractivity contribution in [3.8, 4) is 11.5 Å². The zero-order valence-electron chi connectivity index (χ0n) is 17.4. The van der Waals surface area contributed by atoms with Crippen molar-refractivity contribution in [1.82, 2.24) is 10.3 Å². The number of nitrogens with zero attached hydrogens (tertiary/aromatic N) is 1. The maximum absolute atomic E-state index is 10.1. The third-order valence-corrected chi connectivity index (χ3v) is 4.78. The summed E-state index contributed by atoms with van der Waals surface area (Å²) in [6, 6.07) is 6.06. The molecule has 1 heterocycles. The van der Waals surface area contributed by atoms with Crippen LogP contribution in [-0.2, 0) is 13.2 Å². The molecule has 0 aliphatic heterocycles. The van der Waals surface area contributed by atoms with Gasteiger partial charge in [-0.15, -0.1) is 0 Å². The maximum Gasteiger partial charge on any atom is 0.146 e. The van der Waals surface area contributed by atoms with Gasteiger partial charge in [-0.25, -0.2) is 0 Å². The molecule has 0 saturated heterocycles. The number of aryl methyl sites for hydroxylation is 3. The van der Waals surface area contributed by atoms with Crippen LogP contribution < -0.4 is 14.8 Å².